The minimum absolute atomic E-state index is 0.366. The van der Waals surface area contributed by atoms with Crippen molar-refractivity contribution in [2.75, 3.05) is 19.8 Å². The van der Waals surface area contributed by atoms with Crippen molar-refractivity contribution in [1.82, 2.24) is 5.32 Å². The van der Waals surface area contributed by atoms with Crippen LogP contribution in [0.2, 0.25) is 0 Å². The number of hydrogen-bond acceptors (Lipinski definition) is 2. The molecule has 1 rings (SSSR count). The Labute approximate surface area is 53.7 Å². The summed E-state index contributed by atoms with van der Waals surface area (Å²) in [5.41, 5.74) is -0.366. The molecule has 0 aliphatic carbocycles. The summed E-state index contributed by atoms with van der Waals surface area (Å²) in [6, 6.07) is 2.11. The van der Waals surface area contributed by atoms with Gasteiger partial charge in [-0.15, -0.1) is 0 Å². The van der Waals surface area contributed by atoms with Gasteiger partial charge in [-0.05, 0) is 6.42 Å². The molecule has 0 spiro atoms. The number of halogens is 1. The number of hydrogen-bond donors (Lipinski definition) is 1. The van der Waals surface area contributed by atoms with Gasteiger partial charge in [-0.25, -0.2) is 0 Å². The molecule has 0 atom stereocenters. The molecule has 1 aliphatic rings. The average molecular weight is 128 g/mol. The number of rotatable bonds is 2. The summed E-state index contributed by atoms with van der Waals surface area (Å²) in [7, 11) is 0. The molecule has 1 heterocycles. The van der Waals surface area contributed by atoms with Crippen molar-refractivity contribution in [3.05, 3.63) is 0 Å². The van der Waals surface area contributed by atoms with Gasteiger partial charge in [0.25, 0.3) is 0 Å². The first-order valence-corrected chi connectivity index (χ1v) is 3.01. The van der Waals surface area contributed by atoms with E-state index in [0.717, 1.165) is 0 Å². The standard InChI is InChI=1S/C6H9FN2/c7-2-1-6(3-8)4-9-5-6/h9H,1-2,4-5H2. The van der Waals surface area contributed by atoms with Crippen molar-refractivity contribution >= 4 is 0 Å². The Bertz CT molecular complexity index is 134. The molecule has 0 unspecified atom stereocenters. The maximum Gasteiger partial charge on any atom is 0.0910 e. The summed E-state index contributed by atoms with van der Waals surface area (Å²) < 4.78 is 11.7. The summed E-state index contributed by atoms with van der Waals surface area (Å²) in [5.74, 6) is 0. The predicted octanol–water partition coefficient (Wildman–Crippen LogP) is 0.459. The van der Waals surface area contributed by atoms with Gasteiger partial charge in [0.1, 0.15) is 0 Å². The Kier molecular flexibility index (Phi) is 1.68. The lowest BCUT2D eigenvalue weighted by atomic mass is 9.81. The first kappa shape index (κ1) is 6.50. The van der Waals surface area contributed by atoms with Gasteiger partial charge in [-0.1, -0.05) is 0 Å². The van der Waals surface area contributed by atoms with Crippen LogP contribution in [0.5, 0.6) is 0 Å². The SMILES string of the molecule is N#CC1(CCF)CNC1. The van der Waals surface area contributed by atoms with Crippen LogP contribution in [0.25, 0.3) is 0 Å². The second-order valence-corrected chi connectivity index (χ2v) is 2.43. The van der Waals surface area contributed by atoms with E-state index in [1.165, 1.54) is 0 Å². The van der Waals surface area contributed by atoms with Gasteiger partial charge in [-0.2, -0.15) is 5.26 Å². The van der Waals surface area contributed by atoms with E-state index in [4.69, 9.17) is 5.26 Å². The van der Waals surface area contributed by atoms with Crippen LogP contribution in [0.3, 0.4) is 0 Å². The summed E-state index contributed by atoms with van der Waals surface area (Å²) in [6.07, 6.45) is 0.385. The van der Waals surface area contributed by atoms with Crippen LogP contribution in [0.15, 0.2) is 0 Å². The van der Waals surface area contributed by atoms with Gasteiger partial charge in [-0.3, -0.25) is 4.39 Å². The number of nitriles is 1. The number of nitrogens with one attached hydrogen (secondary N) is 1. The lowest BCUT2D eigenvalue weighted by Crippen LogP contribution is -2.52. The summed E-state index contributed by atoms with van der Waals surface area (Å²) in [6.45, 7) is 0.941. The molecule has 2 nitrogen and oxygen atoms in total. The minimum Gasteiger partial charge on any atom is -0.313 e. The van der Waals surface area contributed by atoms with E-state index in [2.05, 4.69) is 11.4 Å². The first-order valence-electron chi connectivity index (χ1n) is 3.01. The third kappa shape index (κ3) is 1.03. The van der Waals surface area contributed by atoms with Crippen molar-refractivity contribution < 1.29 is 4.39 Å². The molecule has 0 aromatic heterocycles. The smallest absolute Gasteiger partial charge is 0.0910 e. The summed E-state index contributed by atoms with van der Waals surface area (Å²) in [5, 5.41) is 11.5. The van der Waals surface area contributed by atoms with Gasteiger partial charge in [0.05, 0.1) is 18.2 Å². The Morgan fingerprint density at radius 3 is 2.44 bits per heavy atom. The quantitative estimate of drug-likeness (QED) is 0.586. The Balaban J connectivity index is 2.40. The van der Waals surface area contributed by atoms with Gasteiger partial charge in [0.15, 0.2) is 0 Å². The molecule has 0 saturated carbocycles. The normalized spacial score (nSPS) is 22.2. The average Bonchev–Trinajstić information content (AvgIpc) is 1.79. The fourth-order valence-corrected chi connectivity index (χ4v) is 0.919. The van der Waals surface area contributed by atoms with Gasteiger partial charge < -0.3 is 5.32 Å². The van der Waals surface area contributed by atoms with Crippen LogP contribution in [0.1, 0.15) is 6.42 Å². The Morgan fingerprint density at radius 1 is 1.67 bits per heavy atom. The van der Waals surface area contributed by atoms with E-state index < -0.39 is 0 Å². The van der Waals surface area contributed by atoms with E-state index in [1.54, 1.807) is 0 Å². The number of alkyl halides is 1. The predicted molar refractivity (Wildman–Crippen MR) is 31.5 cm³/mol. The largest absolute Gasteiger partial charge is 0.313 e. The molecule has 0 aromatic rings. The number of nitrogens with zero attached hydrogens (tertiary/aromatic N) is 1. The van der Waals surface area contributed by atoms with Crippen LogP contribution < -0.4 is 5.32 Å². The molecular formula is C6H9FN2. The van der Waals surface area contributed by atoms with Crippen molar-refractivity contribution in [2.45, 2.75) is 6.42 Å². The molecule has 1 saturated heterocycles. The highest BCUT2D eigenvalue weighted by Gasteiger charge is 2.36. The van der Waals surface area contributed by atoms with E-state index in [9.17, 15) is 4.39 Å². The molecule has 1 N–H and O–H groups in total. The molecule has 0 radical (unpaired) electrons. The highest BCUT2D eigenvalue weighted by Crippen LogP contribution is 2.25. The van der Waals surface area contributed by atoms with Crippen LogP contribution >= 0.6 is 0 Å². The van der Waals surface area contributed by atoms with Crippen LogP contribution in [0.4, 0.5) is 4.39 Å². The Hall–Kier alpha value is -0.620. The monoisotopic (exact) mass is 128 g/mol. The molecule has 3 heteroatoms. The summed E-state index contributed by atoms with van der Waals surface area (Å²) >= 11 is 0. The van der Waals surface area contributed by atoms with E-state index in [1.807, 2.05) is 0 Å². The van der Waals surface area contributed by atoms with E-state index in [-0.39, 0.29) is 12.1 Å². The van der Waals surface area contributed by atoms with Crippen LogP contribution in [-0.2, 0) is 0 Å². The highest BCUT2D eigenvalue weighted by molar-refractivity contribution is 5.07. The van der Waals surface area contributed by atoms with Crippen molar-refractivity contribution in [1.29, 1.82) is 5.26 Å². The molecule has 0 aromatic carbocycles. The van der Waals surface area contributed by atoms with Crippen molar-refractivity contribution in [3.63, 3.8) is 0 Å². The van der Waals surface area contributed by atoms with Crippen LogP contribution in [-0.4, -0.2) is 19.8 Å². The zero-order valence-corrected chi connectivity index (χ0v) is 5.15. The zero-order valence-electron chi connectivity index (χ0n) is 5.15. The van der Waals surface area contributed by atoms with Gasteiger partial charge in [0, 0.05) is 13.1 Å². The lowest BCUT2D eigenvalue weighted by Gasteiger charge is -2.35. The first-order chi connectivity index (χ1) is 4.33. The fourth-order valence-electron chi connectivity index (χ4n) is 0.919. The molecule has 9 heavy (non-hydrogen) atoms. The van der Waals surface area contributed by atoms with Gasteiger partial charge >= 0.3 is 0 Å². The van der Waals surface area contributed by atoms with Crippen molar-refractivity contribution in [3.8, 4) is 6.07 Å². The van der Waals surface area contributed by atoms with Gasteiger partial charge in [0.2, 0.25) is 0 Å². The zero-order chi connectivity index (χ0) is 6.74. The Morgan fingerprint density at radius 2 is 2.33 bits per heavy atom. The molecule has 1 fully saturated rings. The minimum atomic E-state index is -0.380. The molecule has 50 valence electrons. The maximum atomic E-state index is 11.7. The molecule has 1 aliphatic heterocycles. The third-order valence-corrected chi connectivity index (χ3v) is 1.74. The summed E-state index contributed by atoms with van der Waals surface area (Å²) in [4.78, 5) is 0. The lowest BCUT2D eigenvalue weighted by molar-refractivity contribution is 0.209. The second-order valence-electron chi connectivity index (χ2n) is 2.43. The topological polar surface area (TPSA) is 35.8 Å². The van der Waals surface area contributed by atoms with Crippen molar-refractivity contribution in [2.24, 2.45) is 5.41 Å². The van der Waals surface area contributed by atoms with E-state index in [0.29, 0.717) is 19.5 Å². The molecule has 0 amide bonds. The molecular weight excluding hydrogens is 119 g/mol. The van der Waals surface area contributed by atoms with E-state index >= 15 is 0 Å². The highest BCUT2D eigenvalue weighted by atomic mass is 19.1. The third-order valence-electron chi connectivity index (χ3n) is 1.74. The maximum absolute atomic E-state index is 11.7. The van der Waals surface area contributed by atoms with Crippen LogP contribution in [0, 0.1) is 16.7 Å². The second kappa shape index (κ2) is 2.32. The fraction of sp³-hybridized carbons (Fsp3) is 0.833. The molecule has 0 bridgehead atoms.